The maximum Gasteiger partial charge on any atom is 0.181 e. The van der Waals surface area contributed by atoms with E-state index >= 15 is 0 Å². The summed E-state index contributed by atoms with van der Waals surface area (Å²) in [6.07, 6.45) is 2.42. The zero-order valence-electron chi connectivity index (χ0n) is 12.3. The molecule has 20 heavy (non-hydrogen) atoms. The molecule has 0 unspecified atom stereocenters. The quantitative estimate of drug-likeness (QED) is 0.547. The van der Waals surface area contributed by atoms with Crippen LogP contribution in [0.2, 0.25) is 0 Å². The van der Waals surface area contributed by atoms with Crippen LogP contribution in [0.1, 0.15) is 42.1 Å². The van der Waals surface area contributed by atoms with Gasteiger partial charge in [0.15, 0.2) is 15.6 Å². The summed E-state index contributed by atoms with van der Waals surface area (Å²) >= 11 is 0. The highest BCUT2D eigenvalue weighted by atomic mass is 32.2. The Bertz CT molecular complexity index is 561. The molecule has 0 saturated heterocycles. The molecule has 5 heteroatoms. The van der Waals surface area contributed by atoms with Gasteiger partial charge >= 0.3 is 0 Å². The third-order valence-electron chi connectivity index (χ3n) is 3.07. The maximum atomic E-state index is 12.1. The molecule has 0 bridgehead atoms. The van der Waals surface area contributed by atoms with Crippen LogP contribution in [0.25, 0.3) is 0 Å². The summed E-state index contributed by atoms with van der Waals surface area (Å²) in [4.78, 5) is 12.1. The van der Waals surface area contributed by atoms with E-state index in [-0.39, 0.29) is 5.75 Å². The molecule has 0 fully saturated rings. The second-order valence-corrected chi connectivity index (χ2v) is 7.11. The molecule has 1 aromatic rings. The molecule has 0 aliphatic heterocycles. The van der Waals surface area contributed by atoms with Gasteiger partial charge < -0.3 is 4.74 Å². The minimum Gasteiger partial charge on any atom is -0.496 e. The largest absolute Gasteiger partial charge is 0.496 e. The van der Waals surface area contributed by atoms with E-state index in [1.807, 2.05) is 13.8 Å². The minimum atomic E-state index is -3.34. The van der Waals surface area contributed by atoms with Crippen LogP contribution in [-0.4, -0.2) is 32.8 Å². The average Bonchev–Trinajstić information content (AvgIpc) is 2.37. The smallest absolute Gasteiger partial charge is 0.181 e. The molecule has 0 aromatic heterocycles. The Morgan fingerprint density at radius 2 is 1.95 bits per heavy atom. The Morgan fingerprint density at radius 3 is 2.55 bits per heavy atom. The first-order chi connectivity index (χ1) is 9.39. The van der Waals surface area contributed by atoms with Gasteiger partial charge in [-0.2, -0.15) is 0 Å². The lowest BCUT2D eigenvalue weighted by atomic mass is 10.1. The third kappa shape index (κ3) is 4.96. The zero-order chi connectivity index (χ0) is 15.2. The summed E-state index contributed by atoms with van der Waals surface area (Å²) in [7, 11) is -1.87. The van der Waals surface area contributed by atoms with Crippen LogP contribution < -0.4 is 4.74 Å². The monoisotopic (exact) mass is 298 g/mol. The predicted molar refractivity (Wildman–Crippen MR) is 80.2 cm³/mol. The molecule has 0 radical (unpaired) electrons. The normalized spacial score (nSPS) is 11.3. The van der Waals surface area contributed by atoms with E-state index in [1.165, 1.54) is 7.11 Å². The van der Waals surface area contributed by atoms with Crippen molar-refractivity contribution >= 4 is 15.6 Å². The topological polar surface area (TPSA) is 60.4 Å². The van der Waals surface area contributed by atoms with Crippen molar-refractivity contribution in [2.45, 2.75) is 33.1 Å². The summed E-state index contributed by atoms with van der Waals surface area (Å²) in [6.45, 7) is 3.90. The summed E-state index contributed by atoms with van der Waals surface area (Å²) in [5, 5.41) is 0. The number of hydrogen-bond donors (Lipinski definition) is 0. The van der Waals surface area contributed by atoms with Crippen LogP contribution in [0.5, 0.6) is 5.75 Å². The molecule has 1 aromatic carbocycles. The fraction of sp³-hybridized carbons (Fsp3) is 0.533. The number of sulfone groups is 1. The number of hydrogen-bond acceptors (Lipinski definition) is 4. The van der Waals surface area contributed by atoms with Gasteiger partial charge in [-0.3, -0.25) is 4.79 Å². The summed E-state index contributed by atoms with van der Waals surface area (Å²) in [6, 6.07) is 5.13. The Kier molecular flexibility index (Phi) is 6.20. The van der Waals surface area contributed by atoms with Crippen molar-refractivity contribution in [2.75, 3.05) is 18.6 Å². The number of unbranched alkanes of at least 4 members (excludes halogenated alkanes) is 2. The second kappa shape index (κ2) is 7.43. The Balaban J connectivity index is 2.81. The number of carbonyl (C=O) groups is 1. The molecule has 0 aliphatic rings. The molecule has 0 amide bonds. The zero-order valence-corrected chi connectivity index (χ0v) is 13.1. The van der Waals surface area contributed by atoms with Crippen molar-refractivity contribution in [3.05, 3.63) is 29.3 Å². The number of rotatable bonds is 8. The number of ether oxygens (including phenoxy) is 1. The highest BCUT2D eigenvalue weighted by molar-refractivity contribution is 7.92. The SMILES string of the molecule is CCCCCS(=O)(=O)CC(=O)c1ccc(C)cc1OC. The first-order valence-electron chi connectivity index (χ1n) is 6.78. The molecule has 0 heterocycles. The summed E-state index contributed by atoms with van der Waals surface area (Å²) in [5.41, 5.74) is 1.29. The number of ketones is 1. The second-order valence-electron chi connectivity index (χ2n) is 4.93. The van der Waals surface area contributed by atoms with Gasteiger partial charge in [-0.25, -0.2) is 8.42 Å². The minimum absolute atomic E-state index is 0.0702. The molecule has 4 nitrogen and oxygen atoms in total. The molecular formula is C15H22O4S. The van der Waals surface area contributed by atoms with Crippen LogP contribution in [0.15, 0.2) is 18.2 Å². The highest BCUT2D eigenvalue weighted by Gasteiger charge is 2.20. The molecule has 0 saturated carbocycles. The number of carbonyl (C=O) groups excluding carboxylic acids is 1. The predicted octanol–water partition coefficient (Wildman–Crippen LogP) is 2.79. The van der Waals surface area contributed by atoms with Gasteiger partial charge in [0.25, 0.3) is 0 Å². The van der Waals surface area contributed by atoms with Crippen molar-refractivity contribution < 1.29 is 17.9 Å². The Hall–Kier alpha value is -1.36. The lowest BCUT2D eigenvalue weighted by Gasteiger charge is -2.09. The molecule has 112 valence electrons. The van der Waals surface area contributed by atoms with Gasteiger partial charge in [0.1, 0.15) is 11.5 Å². The summed E-state index contributed by atoms with van der Waals surface area (Å²) in [5.74, 6) is -0.353. The summed E-state index contributed by atoms with van der Waals surface area (Å²) < 4.78 is 28.9. The van der Waals surface area contributed by atoms with Crippen molar-refractivity contribution in [1.82, 2.24) is 0 Å². The van der Waals surface area contributed by atoms with Crippen molar-refractivity contribution in [2.24, 2.45) is 0 Å². The van der Waals surface area contributed by atoms with Crippen LogP contribution in [0.3, 0.4) is 0 Å². The van der Waals surface area contributed by atoms with Gasteiger partial charge in [0, 0.05) is 0 Å². The van der Waals surface area contributed by atoms with E-state index in [1.54, 1.807) is 18.2 Å². The van der Waals surface area contributed by atoms with Crippen molar-refractivity contribution in [3.63, 3.8) is 0 Å². The standard InChI is InChI=1S/C15H22O4S/c1-4-5-6-9-20(17,18)11-14(16)13-8-7-12(2)10-15(13)19-3/h7-8,10H,4-6,9,11H2,1-3H3. The van der Waals surface area contributed by atoms with E-state index in [2.05, 4.69) is 0 Å². The first-order valence-corrected chi connectivity index (χ1v) is 8.60. The van der Waals surface area contributed by atoms with E-state index < -0.39 is 21.4 Å². The van der Waals surface area contributed by atoms with Gasteiger partial charge in [-0.1, -0.05) is 25.8 Å². The van der Waals surface area contributed by atoms with Gasteiger partial charge in [0.2, 0.25) is 0 Å². The fourth-order valence-electron chi connectivity index (χ4n) is 1.95. The molecule has 0 aliphatic carbocycles. The Labute approximate surface area is 121 Å². The van der Waals surface area contributed by atoms with Crippen molar-refractivity contribution in [3.8, 4) is 5.75 Å². The van der Waals surface area contributed by atoms with E-state index in [0.29, 0.717) is 17.7 Å². The van der Waals surface area contributed by atoms with Gasteiger partial charge in [-0.15, -0.1) is 0 Å². The molecule has 0 N–H and O–H groups in total. The van der Waals surface area contributed by atoms with E-state index in [4.69, 9.17) is 4.74 Å². The fourth-order valence-corrected chi connectivity index (χ4v) is 3.29. The van der Waals surface area contributed by atoms with Crippen molar-refractivity contribution in [1.29, 1.82) is 0 Å². The highest BCUT2D eigenvalue weighted by Crippen LogP contribution is 2.21. The number of methoxy groups -OCH3 is 1. The lowest BCUT2D eigenvalue weighted by molar-refractivity contribution is 0.101. The molecule has 0 spiro atoms. The van der Waals surface area contributed by atoms with E-state index in [0.717, 1.165) is 18.4 Å². The van der Waals surface area contributed by atoms with Crippen LogP contribution in [0, 0.1) is 6.92 Å². The molecule has 1 rings (SSSR count). The lowest BCUT2D eigenvalue weighted by Crippen LogP contribution is -2.19. The number of benzene rings is 1. The maximum absolute atomic E-state index is 12.1. The Morgan fingerprint density at radius 1 is 1.25 bits per heavy atom. The van der Waals surface area contributed by atoms with Crippen LogP contribution >= 0.6 is 0 Å². The third-order valence-corrected chi connectivity index (χ3v) is 4.68. The number of aryl methyl sites for hydroxylation is 1. The van der Waals surface area contributed by atoms with Gasteiger partial charge in [-0.05, 0) is 31.0 Å². The van der Waals surface area contributed by atoms with Crippen LogP contribution in [-0.2, 0) is 9.84 Å². The molecular weight excluding hydrogens is 276 g/mol. The van der Waals surface area contributed by atoms with E-state index in [9.17, 15) is 13.2 Å². The average molecular weight is 298 g/mol. The first kappa shape index (κ1) is 16.7. The molecule has 0 atom stereocenters. The van der Waals surface area contributed by atoms with Crippen LogP contribution in [0.4, 0.5) is 0 Å². The van der Waals surface area contributed by atoms with Gasteiger partial charge in [0.05, 0.1) is 18.4 Å². The number of Topliss-reactive ketones (excluding diaryl/α,β-unsaturated/α-hetero) is 1.